The maximum Gasteiger partial charge on any atom is 0.0162 e. The van der Waals surface area contributed by atoms with Gasteiger partial charge >= 0.3 is 0 Å². The number of hydrogen-bond donors (Lipinski definition) is 1. The number of aryl methyl sites for hydroxylation is 2. The number of nitrogens with one attached hydrogen (secondary N) is 1. The van der Waals surface area contributed by atoms with Gasteiger partial charge in [-0.2, -0.15) is 0 Å². The minimum absolute atomic E-state index is 0.197. The molecule has 1 nitrogen and oxygen atoms in total. The fourth-order valence-corrected chi connectivity index (χ4v) is 2.50. The van der Waals surface area contributed by atoms with Crippen LogP contribution in [0.2, 0.25) is 0 Å². The fraction of sp³-hybridized carbons (Fsp3) is 0.600. The molecule has 1 N–H and O–H groups in total. The lowest BCUT2D eigenvalue weighted by Gasteiger charge is -2.25. The Morgan fingerprint density at radius 2 is 1.81 bits per heavy atom. The zero-order chi connectivity index (χ0) is 11.6. The Hall–Kier alpha value is -0.820. The van der Waals surface area contributed by atoms with E-state index in [0.717, 1.165) is 6.42 Å². The van der Waals surface area contributed by atoms with E-state index in [2.05, 4.69) is 37.4 Å². The smallest absolute Gasteiger partial charge is 0.0162 e. The van der Waals surface area contributed by atoms with Gasteiger partial charge in [0.1, 0.15) is 0 Å². The third kappa shape index (κ3) is 2.65. The second-order valence-electron chi connectivity index (χ2n) is 5.62. The molecule has 0 saturated carbocycles. The lowest BCUT2D eigenvalue weighted by atomic mass is 9.87. The van der Waals surface area contributed by atoms with E-state index in [1.165, 1.54) is 31.2 Å². The van der Waals surface area contributed by atoms with Crippen molar-refractivity contribution in [1.29, 1.82) is 0 Å². The molecular weight excluding hydrogens is 194 g/mol. The van der Waals surface area contributed by atoms with Crippen LogP contribution in [0, 0.1) is 0 Å². The van der Waals surface area contributed by atoms with Crippen LogP contribution in [-0.4, -0.2) is 12.6 Å². The minimum Gasteiger partial charge on any atom is -0.314 e. The summed E-state index contributed by atoms with van der Waals surface area (Å²) in [6.45, 7) is 4.51. The summed E-state index contributed by atoms with van der Waals surface area (Å²) in [5.74, 6) is 0. The summed E-state index contributed by atoms with van der Waals surface area (Å²) >= 11 is 0. The van der Waals surface area contributed by atoms with Crippen molar-refractivity contribution in [1.82, 2.24) is 5.32 Å². The quantitative estimate of drug-likeness (QED) is 0.820. The highest BCUT2D eigenvalue weighted by atomic mass is 14.9. The maximum absolute atomic E-state index is 3.37. The van der Waals surface area contributed by atoms with E-state index in [1.54, 1.807) is 11.1 Å². The molecule has 2 rings (SSSR count). The van der Waals surface area contributed by atoms with Crippen molar-refractivity contribution < 1.29 is 0 Å². The largest absolute Gasteiger partial charge is 0.314 e. The number of likely N-dealkylation sites (N-methyl/N-ethyl adjacent to an activating group) is 1. The average molecular weight is 217 g/mol. The topological polar surface area (TPSA) is 12.0 Å². The molecule has 0 spiro atoms. The summed E-state index contributed by atoms with van der Waals surface area (Å²) in [5, 5.41) is 3.37. The molecular formula is C15H23N. The van der Waals surface area contributed by atoms with E-state index in [1.807, 2.05) is 7.05 Å². The third-order valence-corrected chi connectivity index (χ3v) is 3.74. The first-order valence-electron chi connectivity index (χ1n) is 6.40. The fourth-order valence-electron chi connectivity index (χ4n) is 2.50. The second kappa shape index (κ2) is 4.58. The maximum atomic E-state index is 3.37. The molecule has 0 radical (unpaired) electrons. The van der Waals surface area contributed by atoms with Crippen LogP contribution in [0.5, 0.6) is 0 Å². The Morgan fingerprint density at radius 3 is 2.50 bits per heavy atom. The van der Waals surface area contributed by atoms with Crippen LogP contribution in [0.3, 0.4) is 0 Å². The van der Waals surface area contributed by atoms with Gasteiger partial charge in [-0.3, -0.25) is 0 Å². The van der Waals surface area contributed by atoms with E-state index < -0.39 is 0 Å². The van der Waals surface area contributed by atoms with Gasteiger partial charge in [-0.1, -0.05) is 18.2 Å². The van der Waals surface area contributed by atoms with Crippen LogP contribution in [0.15, 0.2) is 18.2 Å². The Kier molecular flexibility index (Phi) is 3.34. The zero-order valence-electron chi connectivity index (χ0n) is 10.8. The lowest BCUT2D eigenvalue weighted by molar-refractivity contribution is 0.422. The minimum atomic E-state index is 0.197. The molecule has 1 aliphatic carbocycles. The third-order valence-electron chi connectivity index (χ3n) is 3.74. The van der Waals surface area contributed by atoms with Crippen LogP contribution in [-0.2, 0) is 19.3 Å². The van der Waals surface area contributed by atoms with Gasteiger partial charge in [-0.25, -0.2) is 0 Å². The Morgan fingerprint density at radius 1 is 1.12 bits per heavy atom. The van der Waals surface area contributed by atoms with E-state index in [9.17, 15) is 0 Å². The van der Waals surface area contributed by atoms with Crippen LogP contribution < -0.4 is 5.32 Å². The molecule has 16 heavy (non-hydrogen) atoms. The van der Waals surface area contributed by atoms with Gasteiger partial charge in [0.2, 0.25) is 0 Å². The molecule has 0 saturated heterocycles. The number of rotatable bonds is 3. The number of hydrogen-bond acceptors (Lipinski definition) is 1. The van der Waals surface area contributed by atoms with Crippen molar-refractivity contribution in [3.63, 3.8) is 0 Å². The molecule has 0 heterocycles. The van der Waals surface area contributed by atoms with Gasteiger partial charge in [0, 0.05) is 5.54 Å². The summed E-state index contributed by atoms with van der Waals surface area (Å²) in [5.41, 5.74) is 4.84. The van der Waals surface area contributed by atoms with E-state index in [0.29, 0.717) is 0 Å². The molecule has 1 aliphatic rings. The molecule has 0 aliphatic heterocycles. The monoisotopic (exact) mass is 217 g/mol. The molecule has 0 aromatic heterocycles. The number of benzene rings is 1. The van der Waals surface area contributed by atoms with Gasteiger partial charge in [0.15, 0.2) is 0 Å². The Bertz CT molecular complexity index is 366. The molecule has 0 unspecified atom stereocenters. The first-order chi connectivity index (χ1) is 7.61. The summed E-state index contributed by atoms with van der Waals surface area (Å²) in [7, 11) is 2.04. The SMILES string of the molecule is CNC(C)(C)Cc1ccc2c(c1)CCCC2. The average Bonchev–Trinajstić information content (AvgIpc) is 2.28. The first-order valence-corrected chi connectivity index (χ1v) is 6.40. The second-order valence-corrected chi connectivity index (χ2v) is 5.62. The van der Waals surface area contributed by atoms with Gasteiger partial charge in [-0.05, 0) is 69.7 Å². The van der Waals surface area contributed by atoms with Crippen molar-refractivity contribution in [2.24, 2.45) is 0 Å². The normalized spacial score (nSPS) is 15.9. The van der Waals surface area contributed by atoms with Crippen molar-refractivity contribution in [3.8, 4) is 0 Å². The summed E-state index contributed by atoms with van der Waals surface area (Å²) in [4.78, 5) is 0. The molecule has 0 atom stereocenters. The molecule has 1 aromatic rings. The van der Waals surface area contributed by atoms with Gasteiger partial charge < -0.3 is 5.32 Å². The van der Waals surface area contributed by atoms with Gasteiger partial charge in [0.25, 0.3) is 0 Å². The summed E-state index contributed by atoms with van der Waals surface area (Å²) in [6, 6.07) is 7.08. The Labute approximate surface area is 99.3 Å². The Balaban J connectivity index is 2.17. The molecule has 0 bridgehead atoms. The van der Waals surface area contributed by atoms with Gasteiger partial charge in [0.05, 0.1) is 0 Å². The van der Waals surface area contributed by atoms with Crippen LogP contribution in [0.1, 0.15) is 43.4 Å². The first kappa shape index (κ1) is 11.7. The molecule has 88 valence electrons. The van der Waals surface area contributed by atoms with Crippen LogP contribution in [0.4, 0.5) is 0 Å². The highest BCUT2D eigenvalue weighted by Gasteiger charge is 2.16. The highest BCUT2D eigenvalue weighted by Crippen LogP contribution is 2.23. The summed E-state index contributed by atoms with van der Waals surface area (Å²) < 4.78 is 0. The molecule has 0 amide bonds. The van der Waals surface area contributed by atoms with E-state index in [-0.39, 0.29) is 5.54 Å². The van der Waals surface area contributed by atoms with E-state index >= 15 is 0 Å². The standard InChI is InChI=1S/C15H23N/c1-15(2,16-3)11-12-8-9-13-6-4-5-7-14(13)10-12/h8-10,16H,4-7,11H2,1-3H3. The lowest BCUT2D eigenvalue weighted by Crippen LogP contribution is -2.38. The van der Waals surface area contributed by atoms with Crippen LogP contribution >= 0.6 is 0 Å². The zero-order valence-corrected chi connectivity index (χ0v) is 10.8. The van der Waals surface area contributed by atoms with Crippen molar-refractivity contribution >= 4 is 0 Å². The molecule has 1 aromatic carbocycles. The molecule has 0 fully saturated rings. The molecule has 1 heteroatoms. The highest BCUT2D eigenvalue weighted by molar-refractivity contribution is 5.34. The van der Waals surface area contributed by atoms with Gasteiger partial charge in [-0.15, -0.1) is 0 Å². The predicted octanol–water partition coefficient (Wildman–Crippen LogP) is 3.11. The summed E-state index contributed by atoms with van der Waals surface area (Å²) in [6.07, 6.45) is 6.41. The van der Waals surface area contributed by atoms with Crippen molar-refractivity contribution in [2.45, 2.75) is 51.5 Å². The predicted molar refractivity (Wildman–Crippen MR) is 69.9 cm³/mol. The number of fused-ring (bicyclic) bond motifs is 1. The van der Waals surface area contributed by atoms with Crippen molar-refractivity contribution in [2.75, 3.05) is 7.05 Å². The van der Waals surface area contributed by atoms with Crippen LogP contribution in [0.25, 0.3) is 0 Å². The van der Waals surface area contributed by atoms with E-state index in [4.69, 9.17) is 0 Å². The van der Waals surface area contributed by atoms with Crippen molar-refractivity contribution in [3.05, 3.63) is 34.9 Å².